The fraction of sp³-hybridized carbons (Fsp3) is 0.381. The first-order valence-electron chi connectivity index (χ1n) is 9.21. The molecule has 6 heteroatoms. The summed E-state index contributed by atoms with van der Waals surface area (Å²) in [6.45, 7) is 5.66. The van der Waals surface area contributed by atoms with Crippen LogP contribution in [0.15, 0.2) is 48.5 Å². The van der Waals surface area contributed by atoms with Crippen LogP contribution < -0.4 is 10.1 Å². The first kappa shape index (κ1) is 19.7. The molecule has 5 nitrogen and oxygen atoms in total. The average Bonchev–Trinajstić information content (AvgIpc) is 2.70. The fourth-order valence-electron chi connectivity index (χ4n) is 3.16. The maximum atomic E-state index is 12.2. The summed E-state index contributed by atoms with van der Waals surface area (Å²) < 4.78 is 5.14. The van der Waals surface area contributed by atoms with Crippen molar-refractivity contribution in [3.63, 3.8) is 0 Å². The summed E-state index contributed by atoms with van der Waals surface area (Å²) in [5, 5.41) is 3.76. The highest BCUT2D eigenvalue weighted by Crippen LogP contribution is 2.13. The van der Waals surface area contributed by atoms with Crippen molar-refractivity contribution in [2.24, 2.45) is 0 Å². The molecule has 0 radical (unpaired) electrons. The SMILES string of the molecule is COc1ccc(CNC(=O)CN2CCN(Cc3ccc(Cl)cc3)CC2)cc1. The zero-order chi connectivity index (χ0) is 19.1. The Morgan fingerprint density at radius 1 is 0.963 bits per heavy atom. The van der Waals surface area contributed by atoms with Crippen molar-refractivity contribution in [3.8, 4) is 5.75 Å². The van der Waals surface area contributed by atoms with Crippen LogP contribution in [0, 0.1) is 0 Å². The third-order valence-corrected chi connectivity index (χ3v) is 5.05. The topological polar surface area (TPSA) is 44.8 Å². The summed E-state index contributed by atoms with van der Waals surface area (Å²) in [6, 6.07) is 15.7. The summed E-state index contributed by atoms with van der Waals surface area (Å²) in [6.07, 6.45) is 0. The zero-order valence-electron chi connectivity index (χ0n) is 15.7. The van der Waals surface area contributed by atoms with Gasteiger partial charge in [0, 0.05) is 44.3 Å². The second-order valence-corrected chi connectivity index (χ2v) is 7.24. The van der Waals surface area contributed by atoms with E-state index in [1.54, 1.807) is 7.11 Å². The third-order valence-electron chi connectivity index (χ3n) is 4.80. The minimum atomic E-state index is 0.0666. The Kier molecular flexibility index (Phi) is 7.10. The molecular formula is C21H26ClN3O2. The summed E-state index contributed by atoms with van der Waals surface area (Å²) in [5.74, 6) is 0.888. The van der Waals surface area contributed by atoms with E-state index in [9.17, 15) is 4.79 Å². The highest BCUT2D eigenvalue weighted by atomic mass is 35.5. The molecule has 1 aliphatic rings. The summed E-state index contributed by atoms with van der Waals surface area (Å²) in [7, 11) is 1.64. The zero-order valence-corrected chi connectivity index (χ0v) is 16.4. The van der Waals surface area contributed by atoms with Crippen LogP contribution in [0.25, 0.3) is 0 Å². The second-order valence-electron chi connectivity index (χ2n) is 6.80. The number of benzene rings is 2. The molecule has 144 valence electrons. The molecule has 0 atom stereocenters. The number of piperazine rings is 1. The van der Waals surface area contributed by atoms with Crippen LogP contribution in [0.1, 0.15) is 11.1 Å². The fourth-order valence-corrected chi connectivity index (χ4v) is 3.28. The van der Waals surface area contributed by atoms with Crippen molar-refractivity contribution in [1.82, 2.24) is 15.1 Å². The van der Waals surface area contributed by atoms with Crippen molar-refractivity contribution in [2.45, 2.75) is 13.1 Å². The summed E-state index contributed by atoms with van der Waals surface area (Å²) >= 11 is 5.94. The molecule has 0 aromatic heterocycles. The Hall–Kier alpha value is -2.08. The lowest BCUT2D eigenvalue weighted by Crippen LogP contribution is -2.49. The normalized spacial score (nSPS) is 15.5. The van der Waals surface area contributed by atoms with Gasteiger partial charge in [0.15, 0.2) is 0 Å². The quantitative estimate of drug-likeness (QED) is 0.793. The lowest BCUT2D eigenvalue weighted by atomic mass is 10.2. The molecule has 27 heavy (non-hydrogen) atoms. The number of carbonyl (C=O) groups excluding carboxylic acids is 1. The van der Waals surface area contributed by atoms with Crippen LogP contribution in [0.2, 0.25) is 5.02 Å². The largest absolute Gasteiger partial charge is 0.497 e. The first-order valence-corrected chi connectivity index (χ1v) is 9.59. The second kappa shape index (κ2) is 9.74. The van der Waals surface area contributed by atoms with Gasteiger partial charge < -0.3 is 10.1 Å². The number of nitrogens with one attached hydrogen (secondary N) is 1. The molecule has 1 N–H and O–H groups in total. The van der Waals surface area contributed by atoms with Gasteiger partial charge in [-0.25, -0.2) is 0 Å². The van der Waals surface area contributed by atoms with Crippen molar-refractivity contribution in [2.75, 3.05) is 39.8 Å². The van der Waals surface area contributed by atoms with Gasteiger partial charge >= 0.3 is 0 Å². The van der Waals surface area contributed by atoms with Crippen LogP contribution in [0.4, 0.5) is 0 Å². The van der Waals surface area contributed by atoms with Crippen molar-refractivity contribution >= 4 is 17.5 Å². The number of hydrogen-bond donors (Lipinski definition) is 1. The molecule has 3 rings (SSSR count). The van der Waals surface area contributed by atoms with E-state index in [-0.39, 0.29) is 5.91 Å². The first-order chi connectivity index (χ1) is 13.1. The van der Waals surface area contributed by atoms with Gasteiger partial charge in [-0.2, -0.15) is 0 Å². The van der Waals surface area contributed by atoms with Crippen molar-refractivity contribution in [1.29, 1.82) is 0 Å². The maximum Gasteiger partial charge on any atom is 0.234 e. The third kappa shape index (κ3) is 6.24. The highest BCUT2D eigenvalue weighted by molar-refractivity contribution is 6.30. The monoisotopic (exact) mass is 387 g/mol. The van der Waals surface area contributed by atoms with E-state index < -0.39 is 0 Å². The van der Waals surface area contributed by atoms with E-state index in [4.69, 9.17) is 16.3 Å². The van der Waals surface area contributed by atoms with Crippen LogP contribution in [0.5, 0.6) is 5.75 Å². The molecule has 1 heterocycles. The number of nitrogens with zero attached hydrogens (tertiary/aromatic N) is 2. The van der Waals surface area contributed by atoms with Gasteiger partial charge in [-0.3, -0.25) is 14.6 Å². The molecule has 0 unspecified atom stereocenters. The van der Waals surface area contributed by atoms with E-state index in [2.05, 4.69) is 27.2 Å². The number of carbonyl (C=O) groups is 1. The van der Waals surface area contributed by atoms with Gasteiger partial charge in [0.1, 0.15) is 5.75 Å². The Morgan fingerprint density at radius 2 is 1.56 bits per heavy atom. The molecule has 0 spiro atoms. The minimum absolute atomic E-state index is 0.0666. The van der Waals surface area contributed by atoms with Crippen molar-refractivity contribution in [3.05, 3.63) is 64.7 Å². The smallest absolute Gasteiger partial charge is 0.234 e. The van der Waals surface area contributed by atoms with Crippen LogP contribution >= 0.6 is 11.6 Å². The Morgan fingerprint density at radius 3 is 2.19 bits per heavy atom. The number of methoxy groups -OCH3 is 1. The summed E-state index contributed by atoms with van der Waals surface area (Å²) in [5.41, 5.74) is 2.34. The molecule has 2 aromatic carbocycles. The van der Waals surface area contributed by atoms with E-state index >= 15 is 0 Å². The van der Waals surface area contributed by atoms with E-state index in [1.807, 2.05) is 36.4 Å². The van der Waals surface area contributed by atoms with E-state index in [0.717, 1.165) is 49.1 Å². The standard InChI is InChI=1S/C21H26ClN3O2/c1-27-20-8-4-17(5-9-20)14-23-21(26)16-25-12-10-24(11-13-25)15-18-2-6-19(22)7-3-18/h2-9H,10-16H2,1H3,(H,23,26). The summed E-state index contributed by atoms with van der Waals surface area (Å²) in [4.78, 5) is 16.8. The van der Waals surface area contributed by atoms with Crippen molar-refractivity contribution < 1.29 is 9.53 Å². The number of amides is 1. The van der Waals surface area contributed by atoms with Gasteiger partial charge in [0.25, 0.3) is 0 Å². The Balaban J connectivity index is 1.36. The number of ether oxygens (including phenoxy) is 1. The molecule has 1 fully saturated rings. The van der Waals surface area contributed by atoms with E-state index in [0.29, 0.717) is 13.1 Å². The number of halogens is 1. The molecule has 1 amide bonds. The Bertz CT molecular complexity index is 726. The predicted octanol–water partition coefficient (Wildman–Crippen LogP) is 2.78. The van der Waals surface area contributed by atoms with Gasteiger partial charge in [-0.15, -0.1) is 0 Å². The number of rotatable bonds is 7. The van der Waals surface area contributed by atoms with Crippen LogP contribution in [-0.4, -0.2) is 55.5 Å². The van der Waals surface area contributed by atoms with E-state index in [1.165, 1.54) is 5.56 Å². The highest BCUT2D eigenvalue weighted by Gasteiger charge is 2.18. The molecule has 2 aromatic rings. The maximum absolute atomic E-state index is 12.2. The number of hydrogen-bond acceptors (Lipinski definition) is 4. The molecule has 1 aliphatic heterocycles. The predicted molar refractivity (Wildman–Crippen MR) is 108 cm³/mol. The van der Waals surface area contributed by atoms with Crippen LogP contribution in [0.3, 0.4) is 0 Å². The lowest BCUT2D eigenvalue weighted by Gasteiger charge is -2.34. The molecule has 1 saturated heterocycles. The van der Waals surface area contributed by atoms with Crippen LogP contribution in [-0.2, 0) is 17.9 Å². The molecular weight excluding hydrogens is 362 g/mol. The molecule has 0 saturated carbocycles. The van der Waals surface area contributed by atoms with Gasteiger partial charge in [-0.05, 0) is 35.4 Å². The van der Waals surface area contributed by atoms with Gasteiger partial charge in [-0.1, -0.05) is 35.9 Å². The van der Waals surface area contributed by atoms with Gasteiger partial charge in [0.05, 0.1) is 13.7 Å². The lowest BCUT2D eigenvalue weighted by molar-refractivity contribution is -0.122. The average molecular weight is 388 g/mol. The molecule has 0 aliphatic carbocycles. The van der Waals surface area contributed by atoms with Gasteiger partial charge in [0.2, 0.25) is 5.91 Å². The Labute approximate surface area is 165 Å². The minimum Gasteiger partial charge on any atom is -0.497 e. The molecule has 0 bridgehead atoms.